The molecule has 0 aliphatic heterocycles. The van der Waals surface area contributed by atoms with E-state index in [0.29, 0.717) is 22.9 Å². The van der Waals surface area contributed by atoms with E-state index in [2.05, 4.69) is 31.1 Å². The highest BCUT2D eigenvalue weighted by atomic mass is 16.5. The van der Waals surface area contributed by atoms with Crippen LogP contribution in [-0.2, 0) is 6.54 Å². The Hall–Kier alpha value is -2.60. The average molecular weight is 343 g/mol. The van der Waals surface area contributed by atoms with Crippen molar-refractivity contribution in [3.8, 4) is 17.4 Å². The molecule has 0 saturated carbocycles. The van der Waals surface area contributed by atoms with Crippen molar-refractivity contribution in [2.45, 2.75) is 27.3 Å². The summed E-state index contributed by atoms with van der Waals surface area (Å²) in [4.78, 5) is 15.2. The summed E-state index contributed by atoms with van der Waals surface area (Å²) >= 11 is 0. The van der Waals surface area contributed by atoms with Crippen LogP contribution < -0.4 is 20.5 Å². The summed E-state index contributed by atoms with van der Waals surface area (Å²) in [6.07, 6.45) is 1.38. The van der Waals surface area contributed by atoms with Gasteiger partial charge in [0.25, 0.3) is 0 Å². The fourth-order valence-electron chi connectivity index (χ4n) is 2.19. The monoisotopic (exact) mass is 343 g/mol. The Bertz CT molecular complexity index is 722. The van der Waals surface area contributed by atoms with E-state index >= 15 is 0 Å². The van der Waals surface area contributed by atoms with Gasteiger partial charge in [0.2, 0.25) is 11.8 Å². The van der Waals surface area contributed by atoms with E-state index in [-0.39, 0.29) is 5.41 Å². The Morgan fingerprint density at radius 2 is 1.96 bits per heavy atom. The van der Waals surface area contributed by atoms with E-state index in [9.17, 15) is 4.79 Å². The lowest BCUT2D eigenvalue weighted by Gasteiger charge is -2.19. The number of rotatable bonds is 7. The topological polar surface area (TPSA) is 86.5 Å². The van der Waals surface area contributed by atoms with E-state index in [1.165, 1.54) is 6.20 Å². The van der Waals surface area contributed by atoms with Crippen molar-refractivity contribution in [2.24, 2.45) is 11.1 Å². The summed E-state index contributed by atoms with van der Waals surface area (Å²) < 4.78 is 11.2. The number of benzene rings is 1. The van der Waals surface area contributed by atoms with Crippen molar-refractivity contribution in [1.82, 2.24) is 10.3 Å². The maximum atomic E-state index is 11.1. The number of ether oxygens (including phenoxy) is 2. The number of nitrogens with zero attached hydrogens (tertiary/aromatic N) is 1. The molecule has 2 aromatic rings. The number of hydrogen-bond donors (Lipinski definition) is 2. The van der Waals surface area contributed by atoms with Crippen molar-refractivity contribution in [3.63, 3.8) is 0 Å². The number of pyridine rings is 1. The van der Waals surface area contributed by atoms with Gasteiger partial charge in [-0.15, -0.1) is 0 Å². The van der Waals surface area contributed by atoms with Crippen LogP contribution in [-0.4, -0.2) is 24.5 Å². The number of nitrogens with two attached hydrogens (primary N) is 1. The van der Waals surface area contributed by atoms with Crippen LogP contribution in [0.4, 0.5) is 0 Å². The standard InChI is InChI=1S/C19H25N3O3/c1-19(2,3)12-21-10-13-5-7-15(16(9-13)24-4)25-17-8-6-14(11-22-17)18(20)23/h5-9,11,21H,10,12H2,1-4H3,(H2,20,23). The molecule has 0 unspecified atom stereocenters. The summed E-state index contributed by atoms with van der Waals surface area (Å²) in [5.41, 5.74) is 6.87. The average Bonchev–Trinajstić information content (AvgIpc) is 2.55. The normalized spacial score (nSPS) is 11.2. The largest absolute Gasteiger partial charge is 0.493 e. The highest BCUT2D eigenvalue weighted by Crippen LogP contribution is 2.31. The van der Waals surface area contributed by atoms with Crippen molar-refractivity contribution < 1.29 is 14.3 Å². The zero-order chi connectivity index (χ0) is 18.4. The third kappa shape index (κ3) is 5.76. The Labute approximate surface area is 148 Å². The molecule has 0 atom stereocenters. The predicted octanol–water partition coefficient (Wildman–Crippen LogP) is 3.12. The van der Waals surface area contributed by atoms with Crippen LogP contribution in [0.5, 0.6) is 17.4 Å². The number of carbonyl (C=O) groups is 1. The first-order valence-corrected chi connectivity index (χ1v) is 8.10. The second-order valence-electron chi connectivity index (χ2n) is 7.00. The second-order valence-corrected chi connectivity index (χ2v) is 7.00. The van der Waals surface area contributed by atoms with Crippen molar-refractivity contribution >= 4 is 5.91 Å². The molecule has 6 nitrogen and oxygen atoms in total. The Morgan fingerprint density at radius 3 is 2.52 bits per heavy atom. The number of hydrogen-bond acceptors (Lipinski definition) is 5. The summed E-state index contributed by atoms with van der Waals surface area (Å²) in [5, 5.41) is 3.43. The van der Waals surface area contributed by atoms with Crippen LogP contribution >= 0.6 is 0 Å². The third-order valence-electron chi connectivity index (χ3n) is 3.45. The SMILES string of the molecule is COc1cc(CNCC(C)(C)C)ccc1Oc1ccc(C(N)=O)cn1. The van der Waals surface area contributed by atoms with Gasteiger partial charge in [0.15, 0.2) is 11.5 Å². The number of methoxy groups -OCH3 is 1. The zero-order valence-electron chi connectivity index (χ0n) is 15.1. The molecule has 3 N–H and O–H groups in total. The summed E-state index contributed by atoms with van der Waals surface area (Å²) in [6.45, 7) is 8.24. The van der Waals surface area contributed by atoms with Crippen LogP contribution in [0.15, 0.2) is 36.5 Å². The third-order valence-corrected chi connectivity index (χ3v) is 3.45. The minimum absolute atomic E-state index is 0.232. The highest BCUT2D eigenvalue weighted by Gasteiger charge is 2.11. The predicted molar refractivity (Wildman–Crippen MR) is 97.0 cm³/mol. The lowest BCUT2D eigenvalue weighted by Crippen LogP contribution is -2.26. The number of nitrogens with one attached hydrogen (secondary N) is 1. The molecule has 2 rings (SSSR count). The molecule has 6 heteroatoms. The first-order chi connectivity index (χ1) is 11.8. The highest BCUT2D eigenvalue weighted by molar-refractivity contribution is 5.92. The number of aromatic nitrogens is 1. The van der Waals surface area contributed by atoms with E-state index in [1.54, 1.807) is 19.2 Å². The summed E-state index contributed by atoms with van der Waals surface area (Å²) in [5.74, 6) is 1.02. The summed E-state index contributed by atoms with van der Waals surface area (Å²) in [6, 6.07) is 8.92. The molecule has 0 aliphatic carbocycles. The molecule has 134 valence electrons. The van der Waals surface area contributed by atoms with Crippen LogP contribution in [0.1, 0.15) is 36.7 Å². The van der Waals surface area contributed by atoms with Gasteiger partial charge in [-0.3, -0.25) is 4.79 Å². The van der Waals surface area contributed by atoms with Crippen LogP contribution in [0.25, 0.3) is 0 Å². The molecule has 1 aromatic heterocycles. The van der Waals surface area contributed by atoms with Crippen LogP contribution in [0, 0.1) is 5.41 Å². The van der Waals surface area contributed by atoms with Gasteiger partial charge in [0, 0.05) is 25.4 Å². The number of primary amides is 1. The van der Waals surface area contributed by atoms with E-state index in [0.717, 1.165) is 18.7 Å². The maximum Gasteiger partial charge on any atom is 0.250 e. The van der Waals surface area contributed by atoms with E-state index in [1.807, 2.05) is 18.2 Å². The minimum atomic E-state index is -0.524. The number of carbonyl (C=O) groups excluding carboxylic acids is 1. The van der Waals surface area contributed by atoms with E-state index in [4.69, 9.17) is 15.2 Å². The molecule has 0 aliphatic rings. The maximum absolute atomic E-state index is 11.1. The first kappa shape index (κ1) is 18.7. The molecule has 0 saturated heterocycles. The van der Waals surface area contributed by atoms with Crippen molar-refractivity contribution in [1.29, 1.82) is 0 Å². The van der Waals surface area contributed by atoms with Gasteiger partial charge in [-0.25, -0.2) is 4.98 Å². The lowest BCUT2D eigenvalue weighted by molar-refractivity contribution is 0.1000. The Balaban J connectivity index is 2.07. The quantitative estimate of drug-likeness (QED) is 0.806. The smallest absolute Gasteiger partial charge is 0.250 e. The molecule has 1 heterocycles. The van der Waals surface area contributed by atoms with Gasteiger partial charge in [0.1, 0.15) is 0 Å². The van der Waals surface area contributed by atoms with Crippen molar-refractivity contribution in [3.05, 3.63) is 47.7 Å². The molecule has 0 spiro atoms. The van der Waals surface area contributed by atoms with Gasteiger partial charge in [-0.2, -0.15) is 0 Å². The molecular formula is C19H25N3O3. The Morgan fingerprint density at radius 1 is 1.20 bits per heavy atom. The van der Waals surface area contributed by atoms with Gasteiger partial charge in [0.05, 0.1) is 12.7 Å². The Kier molecular flexibility index (Phi) is 5.98. The van der Waals surface area contributed by atoms with E-state index < -0.39 is 5.91 Å². The second kappa shape index (κ2) is 7.98. The van der Waals surface area contributed by atoms with Crippen LogP contribution in [0.2, 0.25) is 0 Å². The summed E-state index contributed by atoms with van der Waals surface area (Å²) in [7, 11) is 1.60. The minimum Gasteiger partial charge on any atom is -0.493 e. The zero-order valence-corrected chi connectivity index (χ0v) is 15.1. The molecule has 0 fully saturated rings. The molecule has 1 amide bonds. The molecule has 0 radical (unpaired) electrons. The lowest BCUT2D eigenvalue weighted by atomic mass is 9.97. The van der Waals surface area contributed by atoms with Crippen LogP contribution in [0.3, 0.4) is 0 Å². The first-order valence-electron chi connectivity index (χ1n) is 8.10. The molecule has 25 heavy (non-hydrogen) atoms. The molecule has 1 aromatic carbocycles. The molecular weight excluding hydrogens is 318 g/mol. The molecule has 0 bridgehead atoms. The number of amides is 1. The van der Waals surface area contributed by atoms with Crippen molar-refractivity contribution in [2.75, 3.05) is 13.7 Å². The van der Waals surface area contributed by atoms with Gasteiger partial charge >= 0.3 is 0 Å². The fraction of sp³-hybridized carbons (Fsp3) is 0.368. The van der Waals surface area contributed by atoms with Gasteiger partial charge in [-0.05, 0) is 29.2 Å². The van der Waals surface area contributed by atoms with Gasteiger partial charge < -0.3 is 20.5 Å². The van der Waals surface area contributed by atoms with Gasteiger partial charge in [-0.1, -0.05) is 26.8 Å². The fourth-order valence-corrected chi connectivity index (χ4v) is 2.19.